The van der Waals surface area contributed by atoms with Crippen molar-refractivity contribution in [2.75, 3.05) is 13.1 Å². The predicted octanol–water partition coefficient (Wildman–Crippen LogP) is 2.41. The van der Waals surface area contributed by atoms with Crippen LogP contribution in [0.4, 0.5) is 0 Å². The first kappa shape index (κ1) is 15.5. The lowest BCUT2D eigenvalue weighted by Gasteiger charge is -2.12. The number of nitrogens with zero attached hydrogens (tertiary/aromatic N) is 4. The van der Waals surface area contributed by atoms with Crippen LogP contribution in [0.2, 0.25) is 0 Å². The summed E-state index contributed by atoms with van der Waals surface area (Å²) in [6.45, 7) is 12.0. The van der Waals surface area contributed by atoms with E-state index in [1.165, 1.54) is 0 Å². The van der Waals surface area contributed by atoms with Crippen molar-refractivity contribution in [3.63, 3.8) is 0 Å². The topological polar surface area (TPSA) is 66.8 Å². The Bertz CT molecular complexity index is 742. The molecule has 1 atom stereocenters. The van der Waals surface area contributed by atoms with Gasteiger partial charge in [0.25, 0.3) is 0 Å². The van der Waals surface area contributed by atoms with E-state index in [2.05, 4.69) is 35.5 Å². The summed E-state index contributed by atoms with van der Waals surface area (Å²) in [7, 11) is 0. The van der Waals surface area contributed by atoms with E-state index in [0.717, 1.165) is 35.0 Å². The fourth-order valence-corrected chi connectivity index (χ4v) is 3.35. The molecule has 0 saturated carbocycles. The van der Waals surface area contributed by atoms with Gasteiger partial charge in [0.2, 0.25) is 5.91 Å². The number of hydrogen-bond acceptors (Lipinski definition) is 3. The summed E-state index contributed by atoms with van der Waals surface area (Å²) in [5.74, 6) is 1.17. The molecule has 1 amide bonds. The Labute approximate surface area is 136 Å². The molecule has 1 fully saturated rings. The van der Waals surface area contributed by atoms with Crippen LogP contribution in [0.5, 0.6) is 0 Å². The van der Waals surface area contributed by atoms with Crippen molar-refractivity contribution in [1.29, 1.82) is 0 Å². The molecule has 1 aliphatic rings. The number of nitrogens with one attached hydrogen (secondary N) is 1. The average Bonchev–Trinajstić information content (AvgIpc) is 3.19. The average molecular weight is 313 g/mol. The molecular weight excluding hydrogens is 290 g/mol. The van der Waals surface area contributed by atoms with Crippen molar-refractivity contribution in [3.05, 3.63) is 36.1 Å². The van der Waals surface area contributed by atoms with Crippen LogP contribution in [-0.4, -0.2) is 43.6 Å². The SMILES string of the molecule is C=CCN1C[C@H](c2ncc(-c3c(C)nn(CC)c3C)[nH]2)CC1=O. The summed E-state index contributed by atoms with van der Waals surface area (Å²) in [4.78, 5) is 21.8. The highest BCUT2D eigenvalue weighted by Gasteiger charge is 2.31. The van der Waals surface area contributed by atoms with Crippen molar-refractivity contribution in [2.45, 2.75) is 39.7 Å². The van der Waals surface area contributed by atoms with Gasteiger partial charge in [-0.25, -0.2) is 4.98 Å². The normalized spacial score (nSPS) is 18.0. The second kappa shape index (κ2) is 6.02. The van der Waals surface area contributed by atoms with Crippen LogP contribution < -0.4 is 0 Å². The first-order chi connectivity index (χ1) is 11.0. The zero-order valence-corrected chi connectivity index (χ0v) is 14.0. The van der Waals surface area contributed by atoms with E-state index < -0.39 is 0 Å². The number of carbonyl (C=O) groups is 1. The van der Waals surface area contributed by atoms with Gasteiger partial charge >= 0.3 is 0 Å². The van der Waals surface area contributed by atoms with Gasteiger partial charge in [0.05, 0.1) is 17.6 Å². The lowest BCUT2D eigenvalue weighted by atomic mass is 10.1. The molecule has 1 aliphatic heterocycles. The molecule has 0 aromatic carbocycles. The van der Waals surface area contributed by atoms with Crippen molar-refractivity contribution in [3.8, 4) is 11.3 Å². The van der Waals surface area contributed by atoms with E-state index in [1.54, 1.807) is 6.08 Å². The minimum Gasteiger partial charge on any atom is -0.342 e. The van der Waals surface area contributed by atoms with Crippen LogP contribution in [-0.2, 0) is 11.3 Å². The molecule has 2 aromatic rings. The Morgan fingerprint density at radius 3 is 2.91 bits per heavy atom. The number of imidazole rings is 1. The Balaban J connectivity index is 1.86. The van der Waals surface area contributed by atoms with Crippen molar-refractivity contribution in [2.24, 2.45) is 0 Å². The van der Waals surface area contributed by atoms with E-state index in [4.69, 9.17) is 0 Å². The fraction of sp³-hybridized carbons (Fsp3) is 0.471. The molecule has 3 heterocycles. The highest BCUT2D eigenvalue weighted by molar-refractivity contribution is 5.79. The fourth-order valence-electron chi connectivity index (χ4n) is 3.35. The van der Waals surface area contributed by atoms with Crippen LogP contribution in [0, 0.1) is 13.8 Å². The number of aryl methyl sites for hydroxylation is 2. The van der Waals surface area contributed by atoms with Crippen molar-refractivity contribution < 1.29 is 4.79 Å². The molecule has 23 heavy (non-hydrogen) atoms. The molecule has 0 bridgehead atoms. The van der Waals surface area contributed by atoms with Crippen LogP contribution in [0.25, 0.3) is 11.3 Å². The van der Waals surface area contributed by atoms with Gasteiger partial charge in [0, 0.05) is 43.2 Å². The van der Waals surface area contributed by atoms with E-state index >= 15 is 0 Å². The first-order valence-corrected chi connectivity index (χ1v) is 8.03. The molecule has 1 saturated heterocycles. The molecule has 6 heteroatoms. The third kappa shape index (κ3) is 2.69. The Morgan fingerprint density at radius 2 is 2.26 bits per heavy atom. The van der Waals surface area contributed by atoms with Crippen LogP contribution in [0.15, 0.2) is 18.9 Å². The number of amides is 1. The quantitative estimate of drug-likeness (QED) is 0.862. The van der Waals surface area contributed by atoms with Gasteiger partial charge in [-0.15, -0.1) is 6.58 Å². The van der Waals surface area contributed by atoms with Gasteiger partial charge in [-0.3, -0.25) is 9.48 Å². The standard InChI is InChI=1S/C17H23N5O/c1-5-7-21-10-13(8-15(21)23)17-18-9-14(19-17)16-11(3)20-22(6-2)12(16)4/h5,9,13H,1,6-8,10H2,2-4H3,(H,18,19)/t13-/m1/s1. The van der Waals surface area contributed by atoms with Crippen molar-refractivity contribution in [1.82, 2.24) is 24.6 Å². The van der Waals surface area contributed by atoms with Crippen LogP contribution >= 0.6 is 0 Å². The molecular formula is C17H23N5O. The molecule has 0 aliphatic carbocycles. The zero-order chi connectivity index (χ0) is 16.6. The maximum absolute atomic E-state index is 12.0. The lowest BCUT2D eigenvalue weighted by molar-refractivity contribution is -0.127. The van der Waals surface area contributed by atoms with E-state index in [0.29, 0.717) is 19.5 Å². The number of likely N-dealkylation sites (tertiary alicyclic amines) is 1. The van der Waals surface area contributed by atoms with Gasteiger partial charge in [-0.1, -0.05) is 6.08 Å². The van der Waals surface area contributed by atoms with E-state index in [1.807, 2.05) is 22.7 Å². The number of aromatic amines is 1. The molecule has 0 unspecified atom stereocenters. The summed E-state index contributed by atoms with van der Waals surface area (Å²) in [5, 5.41) is 4.56. The second-order valence-corrected chi connectivity index (χ2v) is 6.03. The maximum Gasteiger partial charge on any atom is 0.223 e. The number of H-pyrrole nitrogens is 1. The summed E-state index contributed by atoms with van der Waals surface area (Å²) in [6.07, 6.45) is 4.12. The molecule has 0 spiro atoms. The van der Waals surface area contributed by atoms with Gasteiger partial charge in [0.15, 0.2) is 0 Å². The maximum atomic E-state index is 12.0. The lowest BCUT2D eigenvalue weighted by Crippen LogP contribution is -2.24. The monoisotopic (exact) mass is 313 g/mol. The molecule has 3 rings (SSSR count). The number of carbonyl (C=O) groups excluding carboxylic acids is 1. The Morgan fingerprint density at radius 1 is 1.48 bits per heavy atom. The Hall–Kier alpha value is -2.37. The van der Waals surface area contributed by atoms with Crippen LogP contribution in [0.1, 0.15) is 36.5 Å². The molecule has 0 radical (unpaired) electrons. The summed E-state index contributed by atoms with van der Waals surface area (Å²) < 4.78 is 2.00. The van der Waals surface area contributed by atoms with Gasteiger partial charge < -0.3 is 9.88 Å². The van der Waals surface area contributed by atoms with Crippen LogP contribution in [0.3, 0.4) is 0 Å². The number of rotatable bonds is 5. The number of aromatic nitrogens is 4. The third-order valence-corrected chi connectivity index (χ3v) is 4.50. The molecule has 6 nitrogen and oxygen atoms in total. The minimum atomic E-state index is 0.123. The molecule has 2 aromatic heterocycles. The first-order valence-electron chi connectivity index (χ1n) is 8.03. The largest absolute Gasteiger partial charge is 0.342 e. The number of hydrogen-bond donors (Lipinski definition) is 1. The zero-order valence-electron chi connectivity index (χ0n) is 14.0. The van der Waals surface area contributed by atoms with Gasteiger partial charge in [-0.05, 0) is 20.8 Å². The summed E-state index contributed by atoms with van der Waals surface area (Å²) in [6, 6.07) is 0. The minimum absolute atomic E-state index is 0.123. The summed E-state index contributed by atoms with van der Waals surface area (Å²) in [5.41, 5.74) is 4.22. The highest BCUT2D eigenvalue weighted by atomic mass is 16.2. The predicted molar refractivity (Wildman–Crippen MR) is 89.1 cm³/mol. The smallest absolute Gasteiger partial charge is 0.223 e. The summed E-state index contributed by atoms with van der Waals surface area (Å²) >= 11 is 0. The molecule has 122 valence electrons. The Kier molecular flexibility index (Phi) is 4.07. The van der Waals surface area contributed by atoms with Crippen molar-refractivity contribution >= 4 is 5.91 Å². The van der Waals surface area contributed by atoms with E-state index in [9.17, 15) is 4.79 Å². The highest BCUT2D eigenvalue weighted by Crippen LogP contribution is 2.30. The van der Waals surface area contributed by atoms with E-state index in [-0.39, 0.29) is 11.8 Å². The van der Waals surface area contributed by atoms with Gasteiger partial charge in [-0.2, -0.15) is 5.10 Å². The van der Waals surface area contributed by atoms with Gasteiger partial charge in [0.1, 0.15) is 5.82 Å². The molecule has 1 N–H and O–H groups in total. The second-order valence-electron chi connectivity index (χ2n) is 6.03. The third-order valence-electron chi connectivity index (χ3n) is 4.50.